The number of halogens is 12. The highest BCUT2D eigenvalue weighted by Gasteiger charge is 2.41. The second-order valence-electron chi connectivity index (χ2n) is 31.3. The third-order valence-electron chi connectivity index (χ3n) is 23.6. The Kier molecular flexibility index (Phi) is 18.7. The van der Waals surface area contributed by atoms with Crippen molar-refractivity contribution in [2.75, 3.05) is 0 Å². The van der Waals surface area contributed by atoms with Crippen LogP contribution in [0.5, 0.6) is 0 Å². The zero-order chi connectivity index (χ0) is 87.2. The molecule has 1 unspecified atom stereocenters. The number of thiophene rings is 1. The first kappa shape index (κ1) is 78.8. The first-order valence-corrected chi connectivity index (χ1v) is 42.8. The SMILES string of the molecule is FC(F)(F)c1cc(-c2ccc3c(c2)c2ccccc2n3-c2ccc(-c3cccc4c3-c3ccccc3[SH]4c3cc4c5ccccc5n(-c5ccc(-c6cccc7sc8ccccc8c67)cc5-c5nc(-c6ccccc6)nc(-c6ccccc6)n5)c4cc3-c3cc(C(F)(F)F)cc(C(F)(F)F)c3)cc2-c2nc(-c3ccccc3)nc(-c3ccccc3)n2)cc(C(F)(F)F)c1. The Morgan fingerprint density at radius 1 is 0.219 bits per heavy atom. The maximum atomic E-state index is 15.8. The van der Waals surface area contributed by atoms with E-state index >= 15 is 26.3 Å². The van der Waals surface area contributed by atoms with Gasteiger partial charge in [0.05, 0.1) is 55.7 Å². The second kappa shape index (κ2) is 30.3. The van der Waals surface area contributed by atoms with Gasteiger partial charge in [0.25, 0.3) is 0 Å². The minimum absolute atomic E-state index is 0.0869. The summed E-state index contributed by atoms with van der Waals surface area (Å²) < 4.78 is 188. The maximum absolute atomic E-state index is 15.8. The molecular weight excluding hydrogens is 1680 g/mol. The largest absolute Gasteiger partial charge is 0.416 e. The number of fused-ring (bicyclic) bond motifs is 12. The van der Waals surface area contributed by atoms with Crippen LogP contribution in [0.25, 0.3) is 199 Å². The van der Waals surface area contributed by atoms with Gasteiger partial charge in [0.15, 0.2) is 34.9 Å². The van der Waals surface area contributed by atoms with Crippen LogP contribution in [0.15, 0.2) is 373 Å². The van der Waals surface area contributed by atoms with Crippen LogP contribution in [0, 0.1) is 0 Å². The molecule has 16 aromatic carbocycles. The second-order valence-corrected chi connectivity index (χ2v) is 34.5. The van der Waals surface area contributed by atoms with E-state index in [2.05, 4.69) is 24.3 Å². The third-order valence-corrected chi connectivity index (χ3v) is 27.3. The number of hydrogen-bond donors (Lipinski definition) is 1. The van der Waals surface area contributed by atoms with E-state index in [0.717, 1.165) is 64.3 Å². The summed E-state index contributed by atoms with van der Waals surface area (Å²) in [6.07, 6.45) is -20.7. The van der Waals surface area contributed by atoms with Crippen molar-refractivity contribution in [3.63, 3.8) is 0 Å². The van der Waals surface area contributed by atoms with Crippen LogP contribution in [0.1, 0.15) is 22.3 Å². The summed E-state index contributed by atoms with van der Waals surface area (Å²) >= 11 is 1.68. The summed E-state index contributed by atoms with van der Waals surface area (Å²) in [5.74, 6) is 1.82. The molecule has 1 aliphatic rings. The molecule has 8 nitrogen and oxygen atoms in total. The van der Waals surface area contributed by atoms with Crippen LogP contribution in [-0.4, -0.2) is 39.0 Å². The minimum Gasteiger partial charge on any atom is -0.309 e. The van der Waals surface area contributed by atoms with E-state index in [9.17, 15) is 26.3 Å². The lowest BCUT2D eigenvalue weighted by Crippen LogP contribution is -2.11. The van der Waals surface area contributed by atoms with E-state index < -0.39 is 57.9 Å². The zero-order valence-corrected chi connectivity index (χ0v) is 68.2. The smallest absolute Gasteiger partial charge is 0.309 e. The molecule has 22 heteroatoms. The van der Waals surface area contributed by atoms with Crippen LogP contribution >= 0.6 is 22.2 Å². The summed E-state index contributed by atoms with van der Waals surface area (Å²) in [6, 6.07) is 104. The molecule has 1 atom stereocenters. The van der Waals surface area contributed by atoms with Gasteiger partial charge in [-0.15, -0.1) is 11.3 Å². The number of thiol groups is 1. The highest BCUT2D eigenvalue weighted by Crippen LogP contribution is 2.67. The number of hydrogen-bond acceptors (Lipinski definition) is 7. The summed E-state index contributed by atoms with van der Waals surface area (Å²) in [5.41, 5.74) is 4.92. The molecule has 0 saturated carbocycles. The Morgan fingerprint density at radius 2 is 0.602 bits per heavy atom. The molecule has 128 heavy (non-hydrogen) atoms. The van der Waals surface area contributed by atoms with Gasteiger partial charge in [-0.1, -0.05) is 237 Å². The first-order chi connectivity index (χ1) is 62.0. The quantitative estimate of drug-likeness (QED) is 0.0914. The highest BCUT2D eigenvalue weighted by molar-refractivity contribution is 8.17. The fraction of sp³-hybridized carbons (Fsp3) is 0.0377. The molecule has 21 aromatic rings. The number of benzene rings is 16. The van der Waals surface area contributed by atoms with Crippen LogP contribution in [-0.2, 0) is 24.7 Å². The van der Waals surface area contributed by atoms with E-state index in [1.54, 1.807) is 35.6 Å². The van der Waals surface area contributed by atoms with Crippen molar-refractivity contribution < 1.29 is 52.7 Å². The number of alkyl halides is 12. The van der Waals surface area contributed by atoms with Gasteiger partial charge in [0.1, 0.15) is 0 Å². The standard InChI is InChI=1S/C106H60F12N8S2/c107-103(108,109)69-49-67(50-70(56-69)104(110,111)112)64-43-46-86-80(53-64)75-31-13-17-37-84(75)125(86)87-47-45-66(55-82(87)101-121-97(60-23-5-1-6-24-60)119-98(122-101)61-25-7-2-8-26-61)74-36-22-42-93-96(74)78-34-16-20-41-92(78)128(93)94-59-81-76-32-14-18-38-85(76)126(89(81)58-79(94)68-51-71(105(113,114)115)57-72(52-68)106(116,117)118)88-48-44-65(73-35-21-40-91-95(73)77-33-15-19-39-90(77)127-91)54-83(88)102-123-99(62-27-9-3-10-28-62)120-100(124-102)63-29-11-4-12-30-63/h1-59,128H. The molecule has 5 aromatic heterocycles. The van der Waals surface area contributed by atoms with Crippen molar-refractivity contribution in [1.29, 1.82) is 0 Å². The molecule has 0 amide bonds. The molecule has 0 fully saturated rings. The molecule has 1 aliphatic heterocycles. The summed E-state index contributed by atoms with van der Waals surface area (Å²) in [7, 11) is -1.99. The predicted octanol–water partition coefficient (Wildman–Crippen LogP) is 30.8. The van der Waals surface area contributed by atoms with Crippen molar-refractivity contribution in [2.45, 2.75) is 39.4 Å². The van der Waals surface area contributed by atoms with Gasteiger partial charge < -0.3 is 9.13 Å². The molecule has 6 heterocycles. The Morgan fingerprint density at radius 3 is 1.12 bits per heavy atom. The lowest BCUT2D eigenvalue weighted by molar-refractivity contribution is -0.144. The van der Waals surface area contributed by atoms with Crippen molar-refractivity contribution in [2.24, 2.45) is 0 Å². The average Bonchev–Trinajstić information content (AvgIpc) is 1.57. The van der Waals surface area contributed by atoms with E-state index in [1.807, 2.05) is 276 Å². The van der Waals surface area contributed by atoms with Crippen LogP contribution in [0.3, 0.4) is 0 Å². The average molecular weight is 1740 g/mol. The molecular formula is C106H60F12N8S2. The lowest BCUT2D eigenvalue weighted by atomic mass is 9.93. The van der Waals surface area contributed by atoms with Crippen molar-refractivity contribution in [3.05, 3.63) is 380 Å². The van der Waals surface area contributed by atoms with Gasteiger partial charge in [0, 0.05) is 95.3 Å². The molecule has 620 valence electrons. The highest BCUT2D eigenvalue weighted by atomic mass is 32.2. The van der Waals surface area contributed by atoms with E-state index in [1.165, 1.54) is 6.07 Å². The Labute approximate surface area is 728 Å². The summed E-state index contributed by atoms with van der Waals surface area (Å²) in [6.45, 7) is 0. The lowest BCUT2D eigenvalue weighted by Gasteiger charge is -2.25. The maximum Gasteiger partial charge on any atom is 0.416 e. The van der Waals surface area contributed by atoms with Gasteiger partial charge in [-0.25, -0.2) is 29.9 Å². The van der Waals surface area contributed by atoms with Gasteiger partial charge in [-0.2, -0.15) is 63.6 Å². The summed E-state index contributed by atoms with van der Waals surface area (Å²) in [5, 5.41) is 4.51. The van der Waals surface area contributed by atoms with Crippen molar-refractivity contribution >= 4 is 86.0 Å². The van der Waals surface area contributed by atoms with Gasteiger partial charge in [-0.3, -0.25) is 0 Å². The molecule has 0 N–H and O–H groups in total. The third kappa shape index (κ3) is 13.8. The molecule has 0 radical (unpaired) electrons. The predicted molar refractivity (Wildman–Crippen MR) is 485 cm³/mol. The Balaban J connectivity index is 0.786. The monoisotopic (exact) mass is 1740 g/mol. The van der Waals surface area contributed by atoms with Crippen molar-refractivity contribution in [3.8, 4) is 135 Å². The fourth-order valence-corrected chi connectivity index (χ4v) is 21.8. The number of rotatable bonds is 13. The minimum atomic E-state index is -5.25. The molecule has 22 rings (SSSR count). The van der Waals surface area contributed by atoms with E-state index in [4.69, 9.17) is 29.9 Å². The van der Waals surface area contributed by atoms with Gasteiger partial charge in [0.2, 0.25) is 0 Å². The zero-order valence-electron chi connectivity index (χ0n) is 66.5. The van der Waals surface area contributed by atoms with Crippen LogP contribution < -0.4 is 0 Å². The normalized spacial score (nSPS) is 13.4. The topological polar surface area (TPSA) is 87.2 Å². The van der Waals surface area contributed by atoms with Gasteiger partial charge >= 0.3 is 24.7 Å². The van der Waals surface area contributed by atoms with Crippen LogP contribution in [0.4, 0.5) is 52.7 Å². The Hall–Kier alpha value is -15.1. The molecule has 0 aliphatic carbocycles. The van der Waals surface area contributed by atoms with Crippen molar-refractivity contribution in [1.82, 2.24) is 39.0 Å². The summed E-state index contributed by atoms with van der Waals surface area (Å²) in [4.78, 5) is 33.4. The number of aromatic nitrogens is 8. The molecule has 0 bridgehead atoms. The fourth-order valence-electron chi connectivity index (χ4n) is 17.9. The van der Waals surface area contributed by atoms with Crippen LogP contribution in [0.2, 0.25) is 0 Å². The number of para-hydroxylation sites is 2. The van der Waals surface area contributed by atoms with Gasteiger partial charge in [-0.05, 0) is 171 Å². The first-order valence-electron chi connectivity index (χ1n) is 40.6. The number of nitrogens with zero attached hydrogens (tertiary/aromatic N) is 8. The molecule has 0 spiro atoms. The van der Waals surface area contributed by atoms with E-state index in [0.29, 0.717) is 140 Å². The Bertz CT molecular complexity index is 7910. The molecule has 0 saturated heterocycles. The van der Waals surface area contributed by atoms with E-state index in [-0.39, 0.29) is 46.0 Å².